The number of hydrogen-bond donors (Lipinski definition) is 1. The number of fused-ring (bicyclic) bond motifs is 2. The molecule has 0 spiro atoms. The van der Waals surface area contributed by atoms with E-state index < -0.39 is 5.54 Å². The Bertz CT molecular complexity index is 605. The summed E-state index contributed by atoms with van der Waals surface area (Å²) in [6.07, 6.45) is 6.63. The van der Waals surface area contributed by atoms with Crippen molar-refractivity contribution in [2.24, 2.45) is 0 Å². The lowest BCUT2D eigenvalue weighted by atomic mass is 9.80. The Morgan fingerprint density at radius 2 is 2.25 bits per heavy atom. The van der Waals surface area contributed by atoms with Gasteiger partial charge in [-0.15, -0.1) is 6.42 Å². The molecule has 0 amide bonds. The third-order valence-electron chi connectivity index (χ3n) is 3.76. The minimum Gasteiger partial charge on any atom is -0.469 e. The van der Waals surface area contributed by atoms with Crippen molar-refractivity contribution in [1.82, 2.24) is 5.32 Å². The summed E-state index contributed by atoms with van der Waals surface area (Å²) in [6.45, 7) is 0.916. The molecule has 0 saturated heterocycles. The molecule has 0 radical (unpaired) electrons. The van der Waals surface area contributed by atoms with Crippen LogP contribution in [0.5, 0.6) is 11.5 Å². The van der Waals surface area contributed by atoms with Crippen molar-refractivity contribution >= 4 is 5.97 Å². The molecule has 104 valence electrons. The molecular weight excluding hydrogens is 258 g/mol. The number of rotatable bonds is 2. The zero-order valence-electron chi connectivity index (χ0n) is 11.2. The molecule has 1 aromatic carbocycles. The number of methoxy groups -OCH3 is 1. The van der Waals surface area contributed by atoms with Gasteiger partial charge in [-0.05, 0) is 29.7 Å². The van der Waals surface area contributed by atoms with Crippen LogP contribution < -0.4 is 14.8 Å². The van der Waals surface area contributed by atoms with Gasteiger partial charge in [0.15, 0.2) is 11.5 Å². The van der Waals surface area contributed by atoms with E-state index in [0.29, 0.717) is 12.3 Å². The molecule has 5 nitrogen and oxygen atoms in total. The van der Waals surface area contributed by atoms with Gasteiger partial charge in [0.05, 0.1) is 13.5 Å². The molecule has 20 heavy (non-hydrogen) atoms. The Balaban J connectivity index is 2.08. The SMILES string of the molecule is C#CC1(CC(=O)OC)NCCc2cc3c(cc21)OCO3. The lowest BCUT2D eigenvalue weighted by Gasteiger charge is -2.35. The zero-order chi connectivity index (χ0) is 14.2. The van der Waals surface area contributed by atoms with Crippen LogP contribution in [0.4, 0.5) is 0 Å². The fraction of sp³-hybridized carbons (Fsp3) is 0.400. The lowest BCUT2D eigenvalue weighted by Crippen LogP contribution is -2.47. The molecule has 0 bridgehead atoms. The first-order chi connectivity index (χ1) is 9.68. The second kappa shape index (κ2) is 4.73. The number of esters is 1. The van der Waals surface area contributed by atoms with Crippen molar-refractivity contribution in [2.45, 2.75) is 18.4 Å². The Morgan fingerprint density at radius 1 is 1.50 bits per heavy atom. The van der Waals surface area contributed by atoms with Crippen LogP contribution in [0, 0.1) is 12.3 Å². The molecule has 2 heterocycles. The summed E-state index contributed by atoms with van der Waals surface area (Å²) < 4.78 is 15.5. The maximum Gasteiger partial charge on any atom is 0.308 e. The first kappa shape index (κ1) is 12.8. The van der Waals surface area contributed by atoms with Gasteiger partial charge in [0.25, 0.3) is 0 Å². The van der Waals surface area contributed by atoms with Gasteiger partial charge >= 0.3 is 5.97 Å². The number of hydrogen-bond acceptors (Lipinski definition) is 5. The van der Waals surface area contributed by atoms with Gasteiger partial charge in [0.2, 0.25) is 6.79 Å². The summed E-state index contributed by atoms with van der Waals surface area (Å²) in [5.74, 6) is 3.77. The molecule has 0 fully saturated rings. The summed E-state index contributed by atoms with van der Waals surface area (Å²) in [7, 11) is 1.36. The Kier molecular flexibility index (Phi) is 3.03. The largest absolute Gasteiger partial charge is 0.469 e. The average molecular weight is 273 g/mol. The Labute approximate surface area is 117 Å². The summed E-state index contributed by atoms with van der Waals surface area (Å²) in [6, 6.07) is 3.81. The highest BCUT2D eigenvalue weighted by atomic mass is 16.7. The molecule has 1 unspecified atom stereocenters. The van der Waals surface area contributed by atoms with E-state index in [0.717, 1.165) is 23.3 Å². The number of ether oxygens (including phenoxy) is 3. The predicted octanol–water partition coefficient (Wildman–Crippen LogP) is 0.953. The van der Waals surface area contributed by atoms with E-state index in [4.69, 9.17) is 20.6 Å². The Hall–Kier alpha value is -2.19. The third kappa shape index (κ3) is 1.89. The van der Waals surface area contributed by atoms with Gasteiger partial charge in [-0.25, -0.2) is 0 Å². The summed E-state index contributed by atoms with van der Waals surface area (Å²) in [5.41, 5.74) is 1.12. The van der Waals surface area contributed by atoms with Gasteiger partial charge in [-0.2, -0.15) is 0 Å². The molecule has 1 atom stereocenters. The van der Waals surface area contributed by atoms with Crippen LogP contribution >= 0.6 is 0 Å². The highest BCUT2D eigenvalue weighted by Crippen LogP contribution is 2.41. The van der Waals surface area contributed by atoms with Crippen molar-refractivity contribution in [2.75, 3.05) is 20.4 Å². The highest BCUT2D eigenvalue weighted by molar-refractivity contribution is 5.73. The van der Waals surface area contributed by atoms with Crippen molar-refractivity contribution in [1.29, 1.82) is 0 Å². The summed E-state index contributed by atoms with van der Waals surface area (Å²) in [4.78, 5) is 11.7. The molecule has 0 aromatic heterocycles. The van der Waals surface area contributed by atoms with Crippen molar-refractivity contribution < 1.29 is 19.0 Å². The van der Waals surface area contributed by atoms with E-state index in [2.05, 4.69) is 11.2 Å². The van der Waals surface area contributed by atoms with Gasteiger partial charge in [-0.3, -0.25) is 10.1 Å². The third-order valence-corrected chi connectivity index (χ3v) is 3.76. The number of nitrogens with one attached hydrogen (secondary N) is 1. The molecule has 0 saturated carbocycles. The number of carbonyl (C=O) groups excluding carboxylic acids is 1. The maximum atomic E-state index is 11.7. The summed E-state index contributed by atoms with van der Waals surface area (Å²) >= 11 is 0. The smallest absolute Gasteiger partial charge is 0.308 e. The zero-order valence-corrected chi connectivity index (χ0v) is 11.2. The first-order valence-corrected chi connectivity index (χ1v) is 6.41. The van der Waals surface area contributed by atoms with Crippen LogP contribution in [0.15, 0.2) is 12.1 Å². The second-order valence-corrected chi connectivity index (χ2v) is 4.84. The van der Waals surface area contributed by atoms with Crippen LogP contribution in [0.3, 0.4) is 0 Å². The number of terminal acetylenes is 1. The van der Waals surface area contributed by atoms with Crippen LogP contribution in [0.2, 0.25) is 0 Å². The summed E-state index contributed by atoms with van der Waals surface area (Å²) in [5, 5.41) is 3.26. The highest BCUT2D eigenvalue weighted by Gasteiger charge is 2.38. The van der Waals surface area contributed by atoms with E-state index >= 15 is 0 Å². The topological polar surface area (TPSA) is 56.8 Å². The molecule has 3 rings (SSSR count). The van der Waals surface area contributed by atoms with Crippen molar-refractivity contribution in [3.05, 3.63) is 23.3 Å². The molecule has 0 aliphatic carbocycles. The van der Waals surface area contributed by atoms with Gasteiger partial charge < -0.3 is 14.2 Å². The maximum absolute atomic E-state index is 11.7. The van der Waals surface area contributed by atoms with Crippen LogP contribution in [0.1, 0.15) is 17.5 Å². The van der Waals surface area contributed by atoms with E-state index in [1.165, 1.54) is 7.11 Å². The van der Waals surface area contributed by atoms with Gasteiger partial charge in [0.1, 0.15) is 5.54 Å². The number of benzene rings is 1. The van der Waals surface area contributed by atoms with E-state index in [1.54, 1.807) is 0 Å². The van der Waals surface area contributed by atoms with Crippen LogP contribution in [0.25, 0.3) is 0 Å². The lowest BCUT2D eigenvalue weighted by molar-refractivity contribution is -0.142. The Morgan fingerprint density at radius 3 is 2.95 bits per heavy atom. The van der Waals surface area contributed by atoms with Crippen molar-refractivity contribution in [3.63, 3.8) is 0 Å². The fourth-order valence-electron chi connectivity index (χ4n) is 2.72. The minimum absolute atomic E-state index is 0.0899. The van der Waals surface area contributed by atoms with Crippen LogP contribution in [-0.2, 0) is 21.5 Å². The monoisotopic (exact) mass is 273 g/mol. The molecule has 1 N–H and O–H groups in total. The molecule has 2 aliphatic heterocycles. The van der Waals surface area contributed by atoms with Gasteiger partial charge in [0, 0.05) is 6.54 Å². The van der Waals surface area contributed by atoms with Crippen molar-refractivity contribution in [3.8, 4) is 23.8 Å². The number of carbonyl (C=O) groups is 1. The molecule has 2 aliphatic rings. The van der Waals surface area contributed by atoms with Crippen LogP contribution in [-0.4, -0.2) is 26.4 Å². The fourth-order valence-corrected chi connectivity index (χ4v) is 2.72. The minimum atomic E-state index is -0.846. The van der Waals surface area contributed by atoms with Gasteiger partial charge in [-0.1, -0.05) is 5.92 Å². The van der Waals surface area contributed by atoms with E-state index in [9.17, 15) is 4.79 Å². The average Bonchev–Trinajstić information content (AvgIpc) is 2.92. The molecule has 1 aromatic rings. The molecule has 5 heteroatoms. The quantitative estimate of drug-likeness (QED) is 0.642. The molecular formula is C15H15NO4. The normalized spacial score (nSPS) is 22.8. The first-order valence-electron chi connectivity index (χ1n) is 6.41. The second-order valence-electron chi connectivity index (χ2n) is 4.84. The predicted molar refractivity (Wildman–Crippen MR) is 71.4 cm³/mol. The standard InChI is InChI=1S/C15H15NO4/c1-3-15(8-14(17)18-2)11-7-13-12(19-9-20-13)6-10(11)4-5-16-15/h1,6-7,16H,4-5,8-9H2,2H3. The van der Waals surface area contributed by atoms with E-state index in [1.807, 2.05) is 12.1 Å². The van der Waals surface area contributed by atoms with E-state index in [-0.39, 0.29) is 19.2 Å².